The molecule has 0 radical (unpaired) electrons. The first-order valence-electron chi connectivity index (χ1n) is 6.52. The summed E-state index contributed by atoms with van der Waals surface area (Å²) in [6, 6.07) is 0.681. The fraction of sp³-hybridized carbons (Fsp3) is 0.923. The third-order valence-corrected chi connectivity index (χ3v) is 3.11. The molecule has 1 aliphatic carbocycles. The Morgan fingerprint density at radius 3 is 2.71 bits per heavy atom. The van der Waals surface area contributed by atoms with E-state index in [0.717, 1.165) is 26.1 Å². The van der Waals surface area contributed by atoms with Crippen LogP contribution in [0.5, 0.6) is 0 Å². The van der Waals surface area contributed by atoms with Crippen LogP contribution in [0.4, 0.5) is 0 Å². The van der Waals surface area contributed by atoms with Crippen LogP contribution in [-0.2, 0) is 9.53 Å². The summed E-state index contributed by atoms with van der Waals surface area (Å²) in [5, 5.41) is 6.33. The Morgan fingerprint density at radius 2 is 2.12 bits per heavy atom. The third-order valence-electron chi connectivity index (χ3n) is 3.11. The fourth-order valence-electron chi connectivity index (χ4n) is 1.57. The molecule has 0 bridgehead atoms. The lowest BCUT2D eigenvalue weighted by Gasteiger charge is -2.24. The number of carbonyl (C=O) groups excluding carboxylic acids is 1. The predicted molar refractivity (Wildman–Crippen MR) is 68.9 cm³/mol. The van der Waals surface area contributed by atoms with Crippen LogP contribution in [0.1, 0.15) is 39.5 Å². The summed E-state index contributed by atoms with van der Waals surface area (Å²) < 4.78 is 5.06. The molecule has 1 rings (SSSR count). The maximum absolute atomic E-state index is 11.6. The van der Waals surface area contributed by atoms with E-state index in [1.165, 1.54) is 12.8 Å². The monoisotopic (exact) mass is 242 g/mol. The van der Waals surface area contributed by atoms with Crippen molar-refractivity contribution in [3.63, 3.8) is 0 Å². The van der Waals surface area contributed by atoms with E-state index < -0.39 is 0 Å². The van der Waals surface area contributed by atoms with Gasteiger partial charge in [0, 0.05) is 39.3 Å². The molecule has 1 fully saturated rings. The van der Waals surface area contributed by atoms with Crippen molar-refractivity contribution in [3.05, 3.63) is 0 Å². The van der Waals surface area contributed by atoms with Gasteiger partial charge in [-0.3, -0.25) is 4.79 Å². The molecule has 0 heterocycles. The first-order chi connectivity index (χ1) is 8.03. The maximum Gasteiger partial charge on any atom is 0.221 e. The second-order valence-electron chi connectivity index (χ2n) is 5.66. The van der Waals surface area contributed by atoms with E-state index >= 15 is 0 Å². The quantitative estimate of drug-likeness (QED) is 0.641. The van der Waals surface area contributed by atoms with Gasteiger partial charge in [-0.25, -0.2) is 0 Å². The Bertz CT molecular complexity index is 238. The second-order valence-corrected chi connectivity index (χ2v) is 5.66. The topological polar surface area (TPSA) is 50.4 Å². The van der Waals surface area contributed by atoms with Crippen LogP contribution in [0.2, 0.25) is 0 Å². The smallest absolute Gasteiger partial charge is 0.221 e. The molecule has 0 aromatic rings. The zero-order chi connectivity index (χ0) is 12.7. The zero-order valence-corrected chi connectivity index (χ0v) is 11.3. The van der Waals surface area contributed by atoms with E-state index in [1.807, 2.05) is 0 Å². The van der Waals surface area contributed by atoms with Crippen molar-refractivity contribution in [1.82, 2.24) is 10.6 Å². The number of methoxy groups -OCH3 is 1. The van der Waals surface area contributed by atoms with Gasteiger partial charge in [0.2, 0.25) is 5.91 Å². The van der Waals surface area contributed by atoms with Gasteiger partial charge in [-0.2, -0.15) is 0 Å². The minimum Gasteiger partial charge on any atom is -0.385 e. The SMILES string of the molecule is COCCC(C)(C)CNC(=O)CCNC1CC1. The molecule has 4 nitrogen and oxygen atoms in total. The first-order valence-corrected chi connectivity index (χ1v) is 6.52. The number of hydrogen-bond donors (Lipinski definition) is 2. The Hall–Kier alpha value is -0.610. The summed E-state index contributed by atoms with van der Waals surface area (Å²) in [6.07, 6.45) is 4.08. The molecule has 0 atom stereocenters. The molecule has 1 aliphatic rings. The average molecular weight is 242 g/mol. The van der Waals surface area contributed by atoms with Crippen LogP contribution in [0.3, 0.4) is 0 Å². The van der Waals surface area contributed by atoms with Crippen LogP contribution in [0.25, 0.3) is 0 Å². The maximum atomic E-state index is 11.6. The van der Waals surface area contributed by atoms with Gasteiger partial charge in [-0.05, 0) is 24.7 Å². The van der Waals surface area contributed by atoms with Crippen LogP contribution in [-0.4, -0.2) is 38.8 Å². The van der Waals surface area contributed by atoms with E-state index in [1.54, 1.807) is 7.11 Å². The highest BCUT2D eigenvalue weighted by Gasteiger charge is 2.21. The molecule has 100 valence electrons. The van der Waals surface area contributed by atoms with Crippen molar-refractivity contribution < 1.29 is 9.53 Å². The summed E-state index contributed by atoms with van der Waals surface area (Å²) in [5.41, 5.74) is 0.107. The molecule has 0 saturated heterocycles. The number of nitrogens with one attached hydrogen (secondary N) is 2. The Kier molecular flexibility index (Phi) is 5.92. The molecular formula is C13H26N2O2. The molecule has 0 aromatic carbocycles. The number of rotatable bonds is 9. The first kappa shape index (κ1) is 14.5. The van der Waals surface area contributed by atoms with E-state index in [-0.39, 0.29) is 11.3 Å². The van der Waals surface area contributed by atoms with Crippen molar-refractivity contribution >= 4 is 5.91 Å². The van der Waals surface area contributed by atoms with Gasteiger partial charge in [0.1, 0.15) is 0 Å². The number of hydrogen-bond acceptors (Lipinski definition) is 3. The summed E-state index contributed by atoms with van der Waals surface area (Å²) in [7, 11) is 1.71. The van der Waals surface area contributed by atoms with E-state index in [4.69, 9.17) is 4.74 Å². The van der Waals surface area contributed by atoms with Gasteiger partial charge in [-0.15, -0.1) is 0 Å². The van der Waals surface area contributed by atoms with Gasteiger partial charge in [-0.1, -0.05) is 13.8 Å². The Labute approximate surface area is 104 Å². The van der Waals surface area contributed by atoms with Gasteiger partial charge >= 0.3 is 0 Å². The van der Waals surface area contributed by atoms with Crippen LogP contribution in [0, 0.1) is 5.41 Å². The molecule has 0 unspecified atom stereocenters. The van der Waals surface area contributed by atoms with Gasteiger partial charge in [0.15, 0.2) is 0 Å². The van der Waals surface area contributed by atoms with Crippen molar-refractivity contribution in [3.8, 4) is 0 Å². The Morgan fingerprint density at radius 1 is 1.41 bits per heavy atom. The summed E-state index contributed by atoms with van der Waals surface area (Å²) in [6.45, 7) is 6.56. The van der Waals surface area contributed by atoms with Gasteiger partial charge in [0.05, 0.1) is 0 Å². The molecule has 17 heavy (non-hydrogen) atoms. The predicted octanol–water partition coefficient (Wildman–Crippen LogP) is 1.31. The number of amides is 1. The largest absolute Gasteiger partial charge is 0.385 e. The lowest BCUT2D eigenvalue weighted by Crippen LogP contribution is -2.36. The summed E-state index contributed by atoms with van der Waals surface area (Å²) in [4.78, 5) is 11.6. The molecule has 1 amide bonds. The molecular weight excluding hydrogens is 216 g/mol. The third kappa shape index (κ3) is 7.34. The minimum absolute atomic E-state index is 0.107. The number of carbonyl (C=O) groups is 1. The van der Waals surface area contributed by atoms with E-state index in [0.29, 0.717) is 12.5 Å². The van der Waals surface area contributed by atoms with Gasteiger partial charge in [0.25, 0.3) is 0 Å². The normalized spacial score (nSPS) is 15.9. The highest BCUT2D eigenvalue weighted by molar-refractivity contribution is 5.76. The lowest BCUT2D eigenvalue weighted by atomic mass is 9.90. The molecule has 0 spiro atoms. The van der Waals surface area contributed by atoms with Crippen molar-refractivity contribution in [2.75, 3.05) is 26.8 Å². The number of ether oxygens (including phenoxy) is 1. The fourth-order valence-corrected chi connectivity index (χ4v) is 1.57. The Balaban J connectivity index is 2.04. The average Bonchev–Trinajstić information content (AvgIpc) is 3.08. The standard InChI is InChI=1S/C13H26N2O2/c1-13(2,7-9-17-3)10-15-12(16)6-8-14-11-4-5-11/h11,14H,4-10H2,1-3H3,(H,15,16). The van der Waals surface area contributed by atoms with Gasteiger partial charge < -0.3 is 15.4 Å². The van der Waals surface area contributed by atoms with E-state index in [9.17, 15) is 4.79 Å². The zero-order valence-electron chi connectivity index (χ0n) is 11.3. The molecule has 0 aromatic heterocycles. The molecule has 1 saturated carbocycles. The highest BCUT2D eigenvalue weighted by Crippen LogP contribution is 2.19. The lowest BCUT2D eigenvalue weighted by molar-refractivity contribution is -0.121. The second kappa shape index (κ2) is 6.97. The molecule has 0 aliphatic heterocycles. The summed E-state index contributed by atoms with van der Waals surface area (Å²) in [5.74, 6) is 0.142. The van der Waals surface area contributed by atoms with Crippen molar-refractivity contribution in [2.45, 2.75) is 45.6 Å². The highest BCUT2D eigenvalue weighted by atomic mass is 16.5. The molecule has 2 N–H and O–H groups in total. The van der Waals surface area contributed by atoms with Crippen LogP contribution < -0.4 is 10.6 Å². The summed E-state index contributed by atoms with van der Waals surface area (Å²) >= 11 is 0. The van der Waals surface area contributed by atoms with Crippen molar-refractivity contribution in [1.29, 1.82) is 0 Å². The van der Waals surface area contributed by atoms with E-state index in [2.05, 4.69) is 24.5 Å². The minimum atomic E-state index is 0.107. The molecule has 4 heteroatoms. The van der Waals surface area contributed by atoms with Crippen LogP contribution >= 0.6 is 0 Å². The van der Waals surface area contributed by atoms with Crippen LogP contribution in [0.15, 0.2) is 0 Å². The van der Waals surface area contributed by atoms with Crippen molar-refractivity contribution in [2.24, 2.45) is 5.41 Å².